The van der Waals surface area contributed by atoms with Crippen molar-refractivity contribution in [3.63, 3.8) is 0 Å². The van der Waals surface area contributed by atoms with Crippen LogP contribution in [0.4, 0.5) is 0 Å². The number of hydrogen-bond donors (Lipinski definition) is 4. The van der Waals surface area contributed by atoms with Crippen molar-refractivity contribution in [2.75, 3.05) is 0 Å². The maximum absolute atomic E-state index is 8.58. The van der Waals surface area contributed by atoms with Crippen molar-refractivity contribution in [1.82, 2.24) is 0 Å². The van der Waals surface area contributed by atoms with Gasteiger partial charge in [0.1, 0.15) is 0 Å². The fourth-order valence-electron chi connectivity index (χ4n) is 0. The van der Waals surface area contributed by atoms with Gasteiger partial charge in [-0.2, -0.15) is 0 Å². The third-order valence-corrected chi connectivity index (χ3v) is 0. The molecule has 0 heterocycles. The molecule has 0 aliphatic rings. The molecule has 0 unspecified atom stereocenters. The smallest absolute Gasteiger partial charge is 0.894 e. The second-order valence-corrected chi connectivity index (χ2v) is 3.30. The summed E-state index contributed by atoms with van der Waals surface area (Å²) in [5.41, 5.74) is 0. The molecule has 0 saturated heterocycles. The van der Waals surface area contributed by atoms with E-state index < -0.39 is 18.1 Å². The van der Waals surface area contributed by atoms with Crippen LogP contribution in [-0.4, -0.2) is 124 Å². The summed E-state index contributed by atoms with van der Waals surface area (Å²) in [7, 11) is -10.2. The summed E-state index contributed by atoms with van der Waals surface area (Å²) in [4.78, 5) is 63.6. The summed E-state index contributed by atoms with van der Waals surface area (Å²) in [6.45, 7) is 0. The van der Waals surface area contributed by atoms with Crippen molar-refractivity contribution in [2.24, 2.45) is 0 Å². The first-order valence-corrected chi connectivity index (χ1v) is 5.13. The Bertz CT molecular complexity index is 60.0. The van der Waals surface area contributed by atoms with Gasteiger partial charge >= 0.3 is 95.7 Å². The Morgan fingerprint density at radius 3 is 0.750 bits per heavy atom. The molecular formula is H4BaCaO8Si2. The van der Waals surface area contributed by atoms with E-state index in [9.17, 15) is 0 Å². The molecule has 0 bridgehead atoms. The molecule has 64 valence electrons. The first-order valence-electron chi connectivity index (χ1n) is 1.71. The van der Waals surface area contributed by atoms with E-state index in [0.29, 0.717) is 0 Å². The predicted octanol–water partition coefficient (Wildman–Crippen LogP) is -8.51. The van der Waals surface area contributed by atoms with E-state index in [1.807, 2.05) is 0 Å². The van der Waals surface area contributed by atoms with Crippen LogP contribution in [0.3, 0.4) is 0 Å². The summed E-state index contributed by atoms with van der Waals surface area (Å²) in [6.07, 6.45) is 0. The van der Waals surface area contributed by atoms with Crippen molar-refractivity contribution in [3.8, 4) is 0 Å². The molecule has 0 aliphatic carbocycles. The minimum Gasteiger partial charge on any atom is -0.894 e. The Labute approximate surface area is 140 Å². The summed E-state index contributed by atoms with van der Waals surface area (Å²) in [5, 5.41) is 0. The van der Waals surface area contributed by atoms with Crippen LogP contribution in [0, 0.1) is 0 Å². The van der Waals surface area contributed by atoms with Crippen LogP contribution in [0.2, 0.25) is 0 Å². The zero-order valence-corrected chi connectivity index (χ0v) is 14.5. The van der Waals surface area contributed by atoms with Gasteiger partial charge < -0.3 is 47.4 Å². The maximum Gasteiger partial charge on any atom is 2.00 e. The predicted molar refractivity (Wildman–Crippen MR) is 31.9 cm³/mol. The van der Waals surface area contributed by atoms with E-state index >= 15 is 0 Å². The number of hydrogen-bond acceptors (Lipinski definition) is 8. The summed E-state index contributed by atoms with van der Waals surface area (Å²) >= 11 is 0. The Balaban J connectivity index is -0.0000000457. The Hall–Kier alpha value is 2.94. The molecule has 0 amide bonds. The molecule has 0 aliphatic heterocycles. The van der Waals surface area contributed by atoms with E-state index in [1.165, 1.54) is 0 Å². The van der Waals surface area contributed by atoms with Crippen LogP contribution in [0.1, 0.15) is 0 Å². The van der Waals surface area contributed by atoms with Crippen molar-refractivity contribution in [1.29, 1.82) is 0 Å². The zero-order chi connectivity index (χ0) is 9.00. The molecular weight excluding hydrogens is 362 g/mol. The topological polar surface area (TPSA) is 173 Å². The van der Waals surface area contributed by atoms with Gasteiger partial charge in [0.25, 0.3) is 0 Å². The minimum absolute atomic E-state index is 0. The third kappa shape index (κ3) is 213. The van der Waals surface area contributed by atoms with Gasteiger partial charge in [0, 0.05) is 0 Å². The van der Waals surface area contributed by atoms with Gasteiger partial charge in [0.2, 0.25) is 0 Å². The van der Waals surface area contributed by atoms with Crippen LogP contribution in [-0.2, 0) is 0 Å². The van der Waals surface area contributed by atoms with Gasteiger partial charge in [0.15, 0.2) is 0 Å². The van der Waals surface area contributed by atoms with Crippen molar-refractivity contribution in [3.05, 3.63) is 0 Å². The SMILES string of the molecule is O[Si](O)(O)O.[Ba+2].[Ca+2].[O-][Si]([O-])([O-])[O-]. The molecule has 0 aromatic carbocycles. The molecule has 12 heavy (non-hydrogen) atoms. The Morgan fingerprint density at radius 2 is 0.750 bits per heavy atom. The zero-order valence-electron chi connectivity index (χ0n) is 5.84. The monoisotopic (exact) mass is 366 g/mol. The molecule has 12 heteroatoms. The Morgan fingerprint density at radius 1 is 0.750 bits per heavy atom. The fraction of sp³-hybridized carbons (Fsp3) is 0. The summed E-state index contributed by atoms with van der Waals surface area (Å²) in [6, 6.07) is 0. The Kier molecular flexibility index (Phi) is 21.2. The van der Waals surface area contributed by atoms with Crippen LogP contribution in [0.25, 0.3) is 0 Å². The molecule has 0 aromatic heterocycles. The van der Waals surface area contributed by atoms with Crippen molar-refractivity contribution >= 4 is 105 Å². The standard InChI is InChI=1S/Ba.Ca.H4O4Si.O4Si/c;;2*1-5(2,3)4/h;;1-4H;/q2*+2;;-4. The van der Waals surface area contributed by atoms with Crippen LogP contribution < -0.4 is 19.2 Å². The van der Waals surface area contributed by atoms with Crippen molar-refractivity contribution < 1.29 is 38.4 Å². The van der Waals surface area contributed by atoms with E-state index in [1.54, 1.807) is 0 Å². The van der Waals surface area contributed by atoms with E-state index in [4.69, 9.17) is 38.4 Å². The molecule has 0 atom stereocenters. The molecule has 0 radical (unpaired) electrons. The maximum atomic E-state index is 8.58. The van der Waals surface area contributed by atoms with Gasteiger partial charge in [-0.15, -0.1) is 0 Å². The van der Waals surface area contributed by atoms with E-state index in [2.05, 4.69) is 0 Å². The average molecular weight is 366 g/mol. The van der Waals surface area contributed by atoms with Crippen molar-refractivity contribution in [2.45, 2.75) is 0 Å². The summed E-state index contributed by atoms with van der Waals surface area (Å²) in [5.74, 6) is 0. The van der Waals surface area contributed by atoms with Gasteiger partial charge in [-0.1, -0.05) is 0 Å². The minimum atomic E-state index is -5.61. The molecule has 4 N–H and O–H groups in total. The third-order valence-electron chi connectivity index (χ3n) is 0. The normalized spacial score (nSPS) is 10.0. The first kappa shape index (κ1) is 24.3. The number of rotatable bonds is 0. The molecule has 0 rings (SSSR count). The van der Waals surface area contributed by atoms with Gasteiger partial charge in [-0.25, -0.2) is 0 Å². The van der Waals surface area contributed by atoms with Gasteiger partial charge in [0.05, 0.1) is 0 Å². The fourth-order valence-corrected chi connectivity index (χ4v) is 0. The molecule has 0 spiro atoms. The van der Waals surface area contributed by atoms with Crippen LogP contribution in [0.15, 0.2) is 0 Å². The molecule has 0 fully saturated rings. The van der Waals surface area contributed by atoms with Crippen LogP contribution in [0.5, 0.6) is 0 Å². The molecule has 0 saturated carbocycles. The quantitative estimate of drug-likeness (QED) is 0.306. The second-order valence-electron chi connectivity index (χ2n) is 1.10. The largest absolute Gasteiger partial charge is 2.00 e. The second kappa shape index (κ2) is 10.5. The van der Waals surface area contributed by atoms with E-state index in [-0.39, 0.29) is 86.6 Å². The summed E-state index contributed by atoms with van der Waals surface area (Å²) < 4.78 is 0. The first-order chi connectivity index (χ1) is 4.00. The average Bonchev–Trinajstić information content (AvgIpc) is 1.12. The molecule has 0 aromatic rings. The van der Waals surface area contributed by atoms with Gasteiger partial charge in [-0.05, 0) is 0 Å². The van der Waals surface area contributed by atoms with Crippen LogP contribution >= 0.6 is 0 Å². The molecule has 8 nitrogen and oxygen atoms in total. The van der Waals surface area contributed by atoms with Gasteiger partial charge in [-0.3, -0.25) is 0 Å². The van der Waals surface area contributed by atoms with E-state index in [0.717, 1.165) is 0 Å².